The van der Waals surface area contributed by atoms with Crippen LogP contribution < -0.4 is 16.6 Å². The number of hydrogen-bond acceptors (Lipinski definition) is 4. The van der Waals surface area contributed by atoms with Gasteiger partial charge in [0.05, 0.1) is 6.54 Å². The molecule has 1 amide bonds. The van der Waals surface area contributed by atoms with Crippen LogP contribution in [0.4, 0.5) is 5.69 Å². The lowest BCUT2D eigenvalue weighted by atomic mass is 10.2. The van der Waals surface area contributed by atoms with Crippen molar-refractivity contribution in [2.24, 2.45) is 5.84 Å². The molecule has 5 heteroatoms. The Morgan fingerprint density at radius 3 is 2.47 bits per heavy atom. The summed E-state index contributed by atoms with van der Waals surface area (Å²) in [7, 11) is 0. The number of carbonyl (C=O) groups is 1. The molecule has 0 aliphatic rings. The Bertz CT molecular complexity index is 555. The summed E-state index contributed by atoms with van der Waals surface area (Å²) in [5.74, 6) is 5.20. The van der Waals surface area contributed by atoms with Crippen molar-refractivity contribution in [2.45, 2.75) is 20.4 Å². The molecule has 0 aliphatic heterocycles. The average Bonchev–Trinajstić information content (AvgIpc) is 2.75. The molecule has 100 valence electrons. The molecule has 0 fully saturated rings. The molecule has 1 aromatic carbocycles. The second kappa shape index (κ2) is 5.86. The standard InChI is InChI=1S/C14H17N3OS/c1-9-7-13(19-10(9)2)8-16-14(18)11-3-5-12(17-15)6-4-11/h3-7,17H,8,15H2,1-2H3,(H,16,18). The predicted octanol–water partition coefficient (Wildman–Crippen LogP) is 2.58. The first-order valence-corrected chi connectivity index (χ1v) is 6.82. The zero-order valence-electron chi connectivity index (χ0n) is 11.0. The molecule has 0 saturated carbocycles. The highest BCUT2D eigenvalue weighted by atomic mass is 32.1. The lowest BCUT2D eigenvalue weighted by Gasteiger charge is -2.05. The number of anilines is 1. The molecule has 0 bridgehead atoms. The van der Waals surface area contributed by atoms with Crippen molar-refractivity contribution in [1.82, 2.24) is 5.32 Å². The van der Waals surface area contributed by atoms with Gasteiger partial charge in [0.15, 0.2) is 0 Å². The van der Waals surface area contributed by atoms with Crippen LogP contribution in [-0.2, 0) is 6.54 Å². The smallest absolute Gasteiger partial charge is 0.251 e. The van der Waals surface area contributed by atoms with Gasteiger partial charge in [0.2, 0.25) is 0 Å². The number of benzene rings is 1. The Hall–Kier alpha value is -1.85. The molecular weight excluding hydrogens is 258 g/mol. The topological polar surface area (TPSA) is 67.2 Å². The van der Waals surface area contributed by atoms with Crippen LogP contribution in [0.3, 0.4) is 0 Å². The summed E-state index contributed by atoms with van der Waals surface area (Å²) in [6.07, 6.45) is 0. The summed E-state index contributed by atoms with van der Waals surface area (Å²) in [6, 6.07) is 9.15. The number of nitrogen functional groups attached to an aromatic ring is 1. The maximum absolute atomic E-state index is 12.0. The van der Waals surface area contributed by atoms with Gasteiger partial charge in [-0.05, 0) is 49.7 Å². The molecular formula is C14H17N3OS. The molecule has 0 saturated heterocycles. The number of hydrogen-bond donors (Lipinski definition) is 3. The SMILES string of the molecule is Cc1cc(CNC(=O)c2ccc(NN)cc2)sc1C. The van der Waals surface area contributed by atoms with E-state index in [1.54, 1.807) is 35.6 Å². The van der Waals surface area contributed by atoms with E-state index in [1.807, 2.05) is 0 Å². The highest BCUT2D eigenvalue weighted by Crippen LogP contribution is 2.20. The maximum atomic E-state index is 12.0. The number of thiophene rings is 1. The number of aryl methyl sites for hydroxylation is 2. The van der Waals surface area contributed by atoms with Gasteiger partial charge in [0.1, 0.15) is 0 Å². The van der Waals surface area contributed by atoms with E-state index in [1.165, 1.54) is 15.3 Å². The van der Waals surface area contributed by atoms with Crippen LogP contribution in [0.15, 0.2) is 30.3 Å². The van der Waals surface area contributed by atoms with Gasteiger partial charge in [-0.15, -0.1) is 11.3 Å². The van der Waals surface area contributed by atoms with E-state index in [0.717, 1.165) is 5.69 Å². The zero-order chi connectivity index (χ0) is 13.8. The first-order valence-electron chi connectivity index (χ1n) is 6.01. The van der Waals surface area contributed by atoms with Crippen LogP contribution in [0.2, 0.25) is 0 Å². The van der Waals surface area contributed by atoms with E-state index in [2.05, 4.69) is 30.7 Å². The van der Waals surface area contributed by atoms with Gasteiger partial charge in [0.25, 0.3) is 5.91 Å². The fraction of sp³-hybridized carbons (Fsp3) is 0.214. The van der Waals surface area contributed by atoms with Gasteiger partial charge < -0.3 is 10.7 Å². The van der Waals surface area contributed by atoms with Crippen LogP contribution in [0.1, 0.15) is 25.7 Å². The molecule has 2 rings (SSSR count). The molecule has 1 aromatic heterocycles. The fourth-order valence-electron chi connectivity index (χ4n) is 1.72. The van der Waals surface area contributed by atoms with Crippen LogP contribution >= 0.6 is 11.3 Å². The Balaban J connectivity index is 1.96. The quantitative estimate of drug-likeness (QED) is 0.593. The largest absolute Gasteiger partial charge is 0.347 e. The maximum Gasteiger partial charge on any atom is 0.251 e. The number of amides is 1. The van der Waals surface area contributed by atoms with Gasteiger partial charge in [-0.1, -0.05) is 0 Å². The first-order chi connectivity index (χ1) is 9.10. The fourth-order valence-corrected chi connectivity index (χ4v) is 2.72. The highest BCUT2D eigenvalue weighted by Gasteiger charge is 2.07. The zero-order valence-corrected chi connectivity index (χ0v) is 11.8. The van der Waals surface area contributed by atoms with Crippen molar-refractivity contribution in [2.75, 3.05) is 5.43 Å². The van der Waals surface area contributed by atoms with Gasteiger partial charge in [0, 0.05) is 21.0 Å². The van der Waals surface area contributed by atoms with Gasteiger partial charge in [-0.3, -0.25) is 10.6 Å². The molecule has 0 spiro atoms. The Morgan fingerprint density at radius 2 is 1.95 bits per heavy atom. The minimum absolute atomic E-state index is 0.0766. The molecule has 2 aromatic rings. The van der Waals surface area contributed by atoms with Crippen LogP contribution in [0, 0.1) is 13.8 Å². The molecule has 0 radical (unpaired) electrons. The van der Waals surface area contributed by atoms with E-state index in [4.69, 9.17) is 5.84 Å². The van der Waals surface area contributed by atoms with Crippen molar-refractivity contribution in [3.8, 4) is 0 Å². The Kier molecular flexibility index (Phi) is 4.19. The molecule has 19 heavy (non-hydrogen) atoms. The van der Waals surface area contributed by atoms with E-state index >= 15 is 0 Å². The van der Waals surface area contributed by atoms with E-state index in [9.17, 15) is 4.79 Å². The lowest BCUT2D eigenvalue weighted by molar-refractivity contribution is 0.0951. The second-order valence-corrected chi connectivity index (χ2v) is 5.70. The third-order valence-electron chi connectivity index (χ3n) is 2.95. The third kappa shape index (κ3) is 3.33. The number of nitrogens with two attached hydrogens (primary N) is 1. The molecule has 4 nitrogen and oxygen atoms in total. The number of rotatable bonds is 4. The van der Waals surface area contributed by atoms with Crippen LogP contribution in [0.25, 0.3) is 0 Å². The summed E-state index contributed by atoms with van der Waals surface area (Å²) in [6.45, 7) is 4.73. The van der Waals surface area contributed by atoms with Crippen LogP contribution in [0.5, 0.6) is 0 Å². The molecule has 4 N–H and O–H groups in total. The van der Waals surface area contributed by atoms with Crippen molar-refractivity contribution >= 4 is 22.9 Å². The average molecular weight is 275 g/mol. The van der Waals surface area contributed by atoms with Crippen molar-refractivity contribution < 1.29 is 4.79 Å². The van der Waals surface area contributed by atoms with Gasteiger partial charge in [-0.2, -0.15) is 0 Å². The minimum atomic E-state index is -0.0766. The van der Waals surface area contributed by atoms with Crippen molar-refractivity contribution in [3.63, 3.8) is 0 Å². The van der Waals surface area contributed by atoms with E-state index in [0.29, 0.717) is 12.1 Å². The molecule has 0 aliphatic carbocycles. The second-order valence-electron chi connectivity index (χ2n) is 4.36. The highest BCUT2D eigenvalue weighted by molar-refractivity contribution is 7.12. The molecule has 0 unspecified atom stereocenters. The molecule has 1 heterocycles. The summed E-state index contributed by atoms with van der Waals surface area (Å²) in [5, 5.41) is 2.91. The Labute approximate surface area is 116 Å². The summed E-state index contributed by atoms with van der Waals surface area (Å²) in [5.41, 5.74) is 5.21. The summed E-state index contributed by atoms with van der Waals surface area (Å²) < 4.78 is 0. The van der Waals surface area contributed by atoms with E-state index < -0.39 is 0 Å². The lowest BCUT2D eigenvalue weighted by Crippen LogP contribution is -2.22. The van der Waals surface area contributed by atoms with Crippen molar-refractivity contribution in [3.05, 3.63) is 51.2 Å². The number of carbonyl (C=O) groups excluding carboxylic acids is 1. The van der Waals surface area contributed by atoms with Crippen LogP contribution in [-0.4, -0.2) is 5.91 Å². The summed E-state index contributed by atoms with van der Waals surface area (Å²) >= 11 is 1.72. The third-order valence-corrected chi connectivity index (χ3v) is 4.11. The minimum Gasteiger partial charge on any atom is -0.347 e. The summed E-state index contributed by atoms with van der Waals surface area (Å²) in [4.78, 5) is 14.4. The predicted molar refractivity (Wildman–Crippen MR) is 79.2 cm³/mol. The molecule has 0 atom stereocenters. The number of nitrogens with one attached hydrogen (secondary N) is 2. The Morgan fingerprint density at radius 1 is 1.26 bits per heavy atom. The van der Waals surface area contributed by atoms with E-state index in [-0.39, 0.29) is 5.91 Å². The monoisotopic (exact) mass is 275 g/mol. The first kappa shape index (κ1) is 13.6. The van der Waals surface area contributed by atoms with Crippen molar-refractivity contribution in [1.29, 1.82) is 0 Å². The van der Waals surface area contributed by atoms with Gasteiger partial charge in [-0.25, -0.2) is 0 Å². The number of hydrazine groups is 1. The normalized spacial score (nSPS) is 10.3. The van der Waals surface area contributed by atoms with Gasteiger partial charge >= 0.3 is 0 Å².